The van der Waals surface area contributed by atoms with Gasteiger partial charge in [0.2, 0.25) is 0 Å². The van der Waals surface area contributed by atoms with Crippen LogP contribution in [0.2, 0.25) is 0 Å². The fourth-order valence-electron chi connectivity index (χ4n) is 3.56. The maximum atomic E-state index is 12.9. The molecule has 0 saturated carbocycles. The highest BCUT2D eigenvalue weighted by Gasteiger charge is 2.47. The Labute approximate surface area is 147 Å². The molecule has 0 bridgehead atoms. The predicted octanol–water partition coefficient (Wildman–Crippen LogP) is 2.95. The van der Waals surface area contributed by atoms with Crippen LogP contribution in [-0.2, 0) is 13.0 Å². The number of rotatable bonds is 4. The van der Waals surface area contributed by atoms with E-state index < -0.39 is 23.9 Å². The topological polar surface area (TPSA) is 73.9 Å². The van der Waals surface area contributed by atoms with E-state index in [1.54, 1.807) is 11.0 Å². The standard InChI is InChI=1S/C18H20F3NO4/c1-2-10-6-12-11(7-16(24)26-15(12)8-14(10)23)9-22-5-3-4-13(22)17(25)18(19,20)21/h6-8,13,17,23,25H,2-5,9H2,1H3/t13-,17+/m0/s1. The number of benzene rings is 1. The Bertz CT molecular complexity index is 862. The fraction of sp³-hybridized carbons (Fsp3) is 0.500. The minimum atomic E-state index is -4.69. The van der Waals surface area contributed by atoms with Gasteiger partial charge >= 0.3 is 11.8 Å². The van der Waals surface area contributed by atoms with Crippen molar-refractivity contribution in [2.45, 2.75) is 51.1 Å². The number of hydrogen-bond acceptors (Lipinski definition) is 5. The summed E-state index contributed by atoms with van der Waals surface area (Å²) in [4.78, 5) is 13.4. The lowest BCUT2D eigenvalue weighted by Gasteiger charge is -2.30. The lowest BCUT2D eigenvalue weighted by molar-refractivity contribution is -0.219. The summed E-state index contributed by atoms with van der Waals surface area (Å²) in [6.45, 7) is 2.35. The van der Waals surface area contributed by atoms with Crippen LogP contribution >= 0.6 is 0 Å². The van der Waals surface area contributed by atoms with Gasteiger partial charge in [-0.05, 0) is 43.0 Å². The Morgan fingerprint density at radius 2 is 2.04 bits per heavy atom. The van der Waals surface area contributed by atoms with Gasteiger partial charge in [0.25, 0.3) is 0 Å². The highest BCUT2D eigenvalue weighted by molar-refractivity contribution is 5.82. The zero-order valence-electron chi connectivity index (χ0n) is 14.2. The number of aromatic hydroxyl groups is 1. The first-order chi connectivity index (χ1) is 12.2. The molecule has 1 saturated heterocycles. The van der Waals surface area contributed by atoms with Crippen molar-refractivity contribution in [1.29, 1.82) is 0 Å². The number of nitrogens with zero attached hydrogens (tertiary/aromatic N) is 1. The summed E-state index contributed by atoms with van der Waals surface area (Å²) in [5.74, 6) is 0.00634. The fourth-order valence-corrected chi connectivity index (χ4v) is 3.56. The van der Waals surface area contributed by atoms with E-state index in [-0.39, 0.29) is 24.3 Å². The number of halogens is 3. The first-order valence-electron chi connectivity index (χ1n) is 8.48. The van der Waals surface area contributed by atoms with Crippen LogP contribution < -0.4 is 5.63 Å². The van der Waals surface area contributed by atoms with Gasteiger partial charge in [-0.25, -0.2) is 4.79 Å². The molecule has 26 heavy (non-hydrogen) atoms. The molecule has 2 aromatic rings. The lowest BCUT2D eigenvalue weighted by atomic mass is 10.0. The maximum Gasteiger partial charge on any atom is 0.415 e. The molecule has 1 aromatic carbocycles. The van der Waals surface area contributed by atoms with E-state index in [2.05, 4.69) is 0 Å². The second kappa shape index (κ2) is 6.92. The molecule has 0 radical (unpaired) electrons. The largest absolute Gasteiger partial charge is 0.508 e. The average molecular weight is 371 g/mol. The molecule has 1 fully saturated rings. The minimum absolute atomic E-state index is 0.00634. The molecule has 2 N–H and O–H groups in total. The second-order valence-corrected chi connectivity index (χ2v) is 6.59. The van der Waals surface area contributed by atoms with Gasteiger partial charge < -0.3 is 14.6 Å². The first kappa shape index (κ1) is 18.7. The summed E-state index contributed by atoms with van der Waals surface area (Å²) in [5.41, 5.74) is 0.728. The molecule has 0 spiro atoms. The van der Waals surface area contributed by atoms with E-state index in [1.165, 1.54) is 12.1 Å². The molecule has 1 aliphatic rings. The number of likely N-dealkylation sites (tertiary alicyclic amines) is 1. The molecule has 142 valence electrons. The maximum absolute atomic E-state index is 12.9. The third-order valence-corrected chi connectivity index (χ3v) is 4.90. The van der Waals surface area contributed by atoms with Crippen LogP contribution in [0, 0.1) is 0 Å². The van der Waals surface area contributed by atoms with E-state index in [9.17, 15) is 28.2 Å². The predicted molar refractivity (Wildman–Crippen MR) is 89.0 cm³/mol. The summed E-state index contributed by atoms with van der Waals surface area (Å²) in [7, 11) is 0. The molecule has 5 nitrogen and oxygen atoms in total. The van der Waals surface area contributed by atoms with Gasteiger partial charge in [-0.15, -0.1) is 0 Å². The molecule has 0 amide bonds. The van der Waals surface area contributed by atoms with Crippen LogP contribution in [0.15, 0.2) is 27.4 Å². The van der Waals surface area contributed by atoms with Crippen LogP contribution in [0.3, 0.4) is 0 Å². The lowest BCUT2D eigenvalue weighted by Crippen LogP contribution is -2.46. The first-order valence-corrected chi connectivity index (χ1v) is 8.48. The Kier molecular flexibility index (Phi) is 4.98. The average Bonchev–Trinajstić information content (AvgIpc) is 3.00. The molecular formula is C18H20F3NO4. The quantitative estimate of drug-likeness (QED) is 0.809. The van der Waals surface area contributed by atoms with E-state index in [0.717, 1.165) is 0 Å². The number of fused-ring (bicyclic) bond motifs is 1. The third-order valence-electron chi connectivity index (χ3n) is 4.90. The van der Waals surface area contributed by atoms with E-state index >= 15 is 0 Å². The third kappa shape index (κ3) is 3.57. The molecule has 0 aliphatic carbocycles. The van der Waals surface area contributed by atoms with Crippen molar-refractivity contribution in [3.05, 3.63) is 39.7 Å². The number of aliphatic hydroxyl groups excluding tert-OH is 1. The molecule has 1 aromatic heterocycles. The monoisotopic (exact) mass is 371 g/mol. The highest BCUT2D eigenvalue weighted by atomic mass is 19.4. The number of alkyl halides is 3. The Morgan fingerprint density at radius 1 is 1.31 bits per heavy atom. The van der Waals surface area contributed by atoms with Crippen molar-refractivity contribution >= 4 is 11.0 Å². The van der Waals surface area contributed by atoms with Gasteiger partial charge in [0, 0.05) is 30.1 Å². The molecule has 0 unspecified atom stereocenters. The van der Waals surface area contributed by atoms with Crippen molar-refractivity contribution in [2.24, 2.45) is 0 Å². The molecule has 2 heterocycles. The summed E-state index contributed by atoms with van der Waals surface area (Å²) < 4.78 is 43.8. The zero-order chi connectivity index (χ0) is 19.1. The molecular weight excluding hydrogens is 351 g/mol. The van der Waals surface area contributed by atoms with Gasteiger partial charge in [-0.2, -0.15) is 13.2 Å². The number of aliphatic hydroxyl groups is 1. The van der Waals surface area contributed by atoms with E-state index in [1.807, 2.05) is 6.92 Å². The Hall–Kier alpha value is -2.06. The minimum Gasteiger partial charge on any atom is -0.508 e. The Balaban J connectivity index is 1.99. The van der Waals surface area contributed by atoms with Gasteiger partial charge in [-0.3, -0.25) is 4.90 Å². The number of hydrogen-bond donors (Lipinski definition) is 2. The van der Waals surface area contributed by atoms with Crippen molar-refractivity contribution in [2.75, 3.05) is 6.54 Å². The molecule has 1 aliphatic heterocycles. The normalized spacial score (nSPS) is 20.0. The van der Waals surface area contributed by atoms with Crippen molar-refractivity contribution in [3.63, 3.8) is 0 Å². The molecule has 2 atom stereocenters. The van der Waals surface area contributed by atoms with Crippen LogP contribution in [0.4, 0.5) is 13.2 Å². The van der Waals surface area contributed by atoms with Crippen LogP contribution in [-0.4, -0.2) is 40.0 Å². The van der Waals surface area contributed by atoms with Gasteiger partial charge in [0.05, 0.1) is 0 Å². The number of phenolic OH excluding ortho intramolecular Hbond substituents is 1. The second-order valence-electron chi connectivity index (χ2n) is 6.59. The Morgan fingerprint density at radius 3 is 2.69 bits per heavy atom. The van der Waals surface area contributed by atoms with Crippen LogP contribution in [0.1, 0.15) is 30.9 Å². The van der Waals surface area contributed by atoms with Crippen LogP contribution in [0.5, 0.6) is 5.75 Å². The van der Waals surface area contributed by atoms with Gasteiger partial charge in [0.1, 0.15) is 11.3 Å². The van der Waals surface area contributed by atoms with Gasteiger partial charge in [0.15, 0.2) is 6.10 Å². The number of phenols is 1. The molecule has 8 heteroatoms. The molecule has 3 rings (SSSR count). The van der Waals surface area contributed by atoms with Gasteiger partial charge in [-0.1, -0.05) is 6.92 Å². The van der Waals surface area contributed by atoms with Crippen LogP contribution in [0.25, 0.3) is 11.0 Å². The summed E-state index contributed by atoms with van der Waals surface area (Å²) in [6, 6.07) is 3.26. The zero-order valence-corrected chi connectivity index (χ0v) is 14.2. The highest BCUT2D eigenvalue weighted by Crippen LogP contribution is 2.33. The van der Waals surface area contributed by atoms with Crippen molar-refractivity contribution in [1.82, 2.24) is 4.90 Å². The van der Waals surface area contributed by atoms with E-state index in [0.29, 0.717) is 35.9 Å². The van der Waals surface area contributed by atoms with Crippen molar-refractivity contribution in [3.8, 4) is 5.75 Å². The summed E-state index contributed by atoms with van der Waals surface area (Å²) in [5, 5.41) is 20.2. The SMILES string of the molecule is CCc1cc2c(CN3CCC[C@H]3[C@@H](O)C(F)(F)F)cc(=O)oc2cc1O. The summed E-state index contributed by atoms with van der Waals surface area (Å²) >= 11 is 0. The number of aryl methyl sites for hydroxylation is 1. The van der Waals surface area contributed by atoms with E-state index in [4.69, 9.17) is 4.42 Å². The van der Waals surface area contributed by atoms with Crippen molar-refractivity contribution < 1.29 is 27.8 Å². The summed E-state index contributed by atoms with van der Waals surface area (Å²) in [6.07, 6.45) is -5.78. The smallest absolute Gasteiger partial charge is 0.415 e.